The fourth-order valence-corrected chi connectivity index (χ4v) is 3.27. The summed E-state index contributed by atoms with van der Waals surface area (Å²) in [6.07, 6.45) is 3.32. The van der Waals surface area contributed by atoms with Crippen molar-refractivity contribution in [3.8, 4) is 0 Å². The van der Waals surface area contributed by atoms with E-state index in [0.29, 0.717) is 31.9 Å². The number of hydrogen-bond donors (Lipinski definition) is 0. The lowest BCUT2D eigenvalue weighted by Crippen LogP contribution is -2.53. The van der Waals surface area contributed by atoms with Gasteiger partial charge in [-0.1, -0.05) is 20.8 Å². The maximum atomic E-state index is 12.6. The summed E-state index contributed by atoms with van der Waals surface area (Å²) in [5.74, 6) is 0.150. The van der Waals surface area contributed by atoms with Crippen LogP contribution in [0.15, 0.2) is 6.07 Å². The minimum Gasteiger partial charge on any atom is -0.339 e. The molecule has 3 rings (SSSR count). The Balaban J connectivity index is 1.62. The van der Waals surface area contributed by atoms with Crippen molar-refractivity contribution >= 4 is 11.8 Å². The SMILES string of the molecule is CC(C)(C)C(=O)N1CCN(C(=O)c2cc3n(n2)CCCC3)CC1. The van der Waals surface area contributed by atoms with Gasteiger partial charge in [0.15, 0.2) is 5.69 Å². The largest absolute Gasteiger partial charge is 0.339 e. The number of amides is 2. The first-order valence-corrected chi connectivity index (χ1v) is 8.51. The van der Waals surface area contributed by atoms with E-state index in [1.807, 2.05) is 41.3 Å². The van der Waals surface area contributed by atoms with Gasteiger partial charge in [-0.2, -0.15) is 5.10 Å². The summed E-state index contributed by atoms with van der Waals surface area (Å²) in [6.45, 7) is 9.10. The van der Waals surface area contributed by atoms with Gasteiger partial charge in [-0.25, -0.2) is 0 Å². The molecule has 0 N–H and O–H groups in total. The van der Waals surface area contributed by atoms with Crippen LogP contribution >= 0.6 is 0 Å². The number of fused-ring (bicyclic) bond motifs is 1. The van der Waals surface area contributed by atoms with Gasteiger partial charge in [0, 0.05) is 43.8 Å². The van der Waals surface area contributed by atoms with Crippen LogP contribution in [0.1, 0.15) is 49.8 Å². The molecule has 1 saturated heterocycles. The lowest BCUT2D eigenvalue weighted by Gasteiger charge is -2.37. The summed E-state index contributed by atoms with van der Waals surface area (Å²) in [5, 5.41) is 4.46. The molecule has 0 radical (unpaired) electrons. The molecule has 0 aliphatic carbocycles. The third kappa shape index (κ3) is 3.26. The van der Waals surface area contributed by atoms with Crippen molar-refractivity contribution in [1.29, 1.82) is 0 Å². The Morgan fingerprint density at radius 1 is 1.00 bits per heavy atom. The van der Waals surface area contributed by atoms with Crippen LogP contribution in [0.5, 0.6) is 0 Å². The van der Waals surface area contributed by atoms with E-state index in [4.69, 9.17) is 0 Å². The Labute approximate surface area is 137 Å². The zero-order valence-corrected chi connectivity index (χ0v) is 14.3. The minimum absolute atomic E-state index is 0.00485. The van der Waals surface area contributed by atoms with Crippen molar-refractivity contribution in [1.82, 2.24) is 19.6 Å². The molecule has 0 bridgehead atoms. The zero-order chi connectivity index (χ0) is 16.6. The zero-order valence-electron chi connectivity index (χ0n) is 14.3. The fraction of sp³-hybridized carbons (Fsp3) is 0.706. The average Bonchev–Trinajstić information content (AvgIpc) is 2.96. The smallest absolute Gasteiger partial charge is 0.274 e. The summed E-state index contributed by atoms with van der Waals surface area (Å²) in [7, 11) is 0. The molecule has 2 aliphatic heterocycles. The van der Waals surface area contributed by atoms with E-state index in [-0.39, 0.29) is 17.2 Å². The monoisotopic (exact) mass is 318 g/mol. The third-order valence-electron chi connectivity index (χ3n) is 4.63. The van der Waals surface area contributed by atoms with Gasteiger partial charge < -0.3 is 9.80 Å². The van der Waals surface area contributed by atoms with E-state index < -0.39 is 0 Å². The molecular formula is C17H26N4O2. The number of carbonyl (C=O) groups is 2. The maximum absolute atomic E-state index is 12.6. The molecule has 0 spiro atoms. The van der Waals surface area contributed by atoms with Crippen LogP contribution in [0.4, 0.5) is 0 Å². The highest BCUT2D eigenvalue weighted by Gasteiger charge is 2.31. The molecule has 23 heavy (non-hydrogen) atoms. The number of rotatable bonds is 1. The van der Waals surface area contributed by atoms with Crippen LogP contribution in [-0.2, 0) is 17.8 Å². The van der Waals surface area contributed by atoms with E-state index in [2.05, 4.69) is 5.10 Å². The summed E-state index contributed by atoms with van der Waals surface area (Å²) < 4.78 is 1.97. The van der Waals surface area contributed by atoms with Crippen LogP contribution in [0, 0.1) is 5.41 Å². The van der Waals surface area contributed by atoms with Gasteiger partial charge >= 0.3 is 0 Å². The molecule has 0 aromatic carbocycles. The topological polar surface area (TPSA) is 58.4 Å². The summed E-state index contributed by atoms with van der Waals surface area (Å²) >= 11 is 0. The molecule has 0 unspecified atom stereocenters. The second-order valence-corrected chi connectivity index (χ2v) is 7.54. The summed E-state index contributed by atoms with van der Waals surface area (Å²) in [6, 6.07) is 1.94. The first-order chi connectivity index (χ1) is 10.9. The molecule has 2 amide bonds. The quantitative estimate of drug-likeness (QED) is 0.789. The van der Waals surface area contributed by atoms with Gasteiger partial charge in [0.2, 0.25) is 5.91 Å². The second-order valence-electron chi connectivity index (χ2n) is 7.54. The maximum Gasteiger partial charge on any atom is 0.274 e. The highest BCUT2D eigenvalue weighted by molar-refractivity contribution is 5.92. The first kappa shape index (κ1) is 16.0. The van der Waals surface area contributed by atoms with Gasteiger partial charge in [-0.05, 0) is 25.3 Å². The van der Waals surface area contributed by atoms with Crippen molar-refractivity contribution in [3.05, 3.63) is 17.5 Å². The van der Waals surface area contributed by atoms with E-state index in [1.165, 1.54) is 12.1 Å². The molecule has 1 aromatic heterocycles. The van der Waals surface area contributed by atoms with Crippen molar-refractivity contribution in [2.75, 3.05) is 26.2 Å². The van der Waals surface area contributed by atoms with Crippen LogP contribution in [-0.4, -0.2) is 57.6 Å². The number of aryl methyl sites for hydroxylation is 2. The first-order valence-electron chi connectivity index (χ1n) is 8.51. The van der Waals surface area contributed by atoms with Crippen LogP contribution in [0.3, 0.4) is 0 Å². The molecule has 0 saturated carbocycles. The fourth-order valence-electron chi connectivity index (χ4n) is 3.27. The van der Waals surface area contributed by atoms with Crippen molar-refractivity contribution in [3.63, 3.8) is 0 Å². The Morgan fingerprint density at radius 2 is 1.65 bits per heavy atom. The lowest BCUT2D eigenvalue weighted by molar-refractivity contribution is -0.140. The van der Waals surface area contributed by atoms with Crippen molar-refractivity contribution in [2.24, 2.45) is 5.41 Å². The Bertz CT molecular complexity index is 583. The second kappa shape index (κ2) is 5.98. The average molecular weight is 318 g/mol. The van der Waals surface area contributed by atoms with Crippen molar-refractivity contribution < 1.29 is 9.59 Å². The molecule has 1 fully saturated rings. The summed E-state index contributed by atoms with van der Waals surface area (Å²) in [5.41, 5.74) is 1.36. The van der Waals surface area contributed by atoms with Gasteiger partial charge in [0.1, 0.15) is 0 Å². The van der Waals surface area contributed by atoms with Crippen molar-refractivity contribution in [2.45, 2.75) is 46.6 Å². The van der Waals surface area contributed by atoms with E-state index in [0.717, 1.165) is 19.4 Å². The number of nitrogens with zero attached hydrogens (tertiary/aromatic N) is 4. The highest BCUT2D eigenvalue weighted by atomic mass is 16.2. The number of piperazine rings is 1. The predicted molar refractivity (Wildman–Crippen MR) is 87.1 cm³/mol. The third-order valence-corrected chi connectivity index (χ3v) is 4.63. The molecule has 3 heterocycles. The molecule has 2 aliphatic rings. The predicted octanol–water partition coefficient (Wildman–Crippen LogP) is 1.55. The number of aromatic nitrogens is 2. The number of carbonyl (C=O) groups excluding carboxylic acids is 2. The highest BCUT2D eigenvalue weighted by Crippen LogP contribution is 2.20. The number of hydrogen-bond acceptors (Lipinski definition) is 3. The van der Waals surface area contributed by atoms with Gasteiger partial charge in [0.05, 0.1) is 0 Å². The normalized spacial score (nSPS) is 18.7. The molecule has 1 aromatic rings. The van der Waals surface area contributed by atoms with E-state index in [9.17, 15) is 9.59 Å². The Morgan fingerprint density at radius 3 is 2.26 bits per heavy atom. The van der Waals surface area contributed by atoms with Crippen LogP contribution < -0.4 is 0 Å². The standard InChI is InChI=1S/C17H26N4O2/c1-17(2,3)16(23)20-10-8-19(9-11-20)15(22)14-12-13-6-4-5-7-21(13)18-14/h12H,4-11H2,1-3H3. The van der Waals surface area contributed by atoms with E-state index in [1.54, 1.807) is 0 Å². The molecular weight excluding hydrogens is 292 g/mol. The van der Waals surface area contributed by atoms with Gasteiger partial charge in [-0.15, -0.1) is 0 Å². The van der Waals surface area contributed by atoms with Crippen LogP contribution in [0.25, 0.3) is 0 Å². The molecule has 6 heteroatoms. The Kier molecular flexibility index (Phi) is 4.17. The van der Waals surface area contributed by atoms with E-state index >= 15 is 0 Å². The minimum atomic E-state index is -0.366. The van der Waals surface area contributed by atoms with Crippen LogP contribution in [0.2, 0.25) is 0 Å². The molecule has 6 nitrogen and oxygen atoms in total. The van der Waals surface area contributed by atoms with Gasteiger partial charge in [-0.3, -0.25) is 14.3 Å². The summed E-state index contributed by atoms with van der Waals surface area (Å²) in [4.78, 5) is 28.6. The molecule has 0 atom stereocenters. The van der Waals surface area contributed by atoms with Gasteiger partial charge in [0.25, 0.3) is 5.91 Å². The Hall–Kier alpha value is -1.85. The lowest BCUT2D eigenvalue weighted by atomic mass is 9.94. The molecule has 126 valence electrons.